The summed E-state index contributed by atoms with van der Waals surface area (Å²) in [4.78, 5) is 0. The number of nitrogens with two attached hydrogens (primary N) is 1. The van der Waals surface area contributed by atoms with Crippen molar-refractivity contribution in [1.82, 2.24) is 15.0 Å². The molecule has 0 unspecified atom stereocenters. The standard InChI is InChI=1S/C12H13F3N4/c1-3-10-11(16)17-18-19(10)8-5-4-7(2)9(6-8)12(13,14)15/h4-6H,3,16H2,1-2H3. The Bertz CT molecular complexity index is 602. The van der Waals surface area contributed by atoms with Gasteiger partial charge in [0.15, 0.2) is 5.82 Å². The van der Waals surface area contributed by atoms with Crippen molar-refractivity contribution >= 4 is 5.82 Å². The minimum atomic E-state index is -4.39. The molecule has 0 bridgehead atoms. The van der Waals surface area contributed by atoms with Crippen molar-refractivity contribution in [3.63, 3.8) is 0 Å². The summed E-state index contributed by atoms with van der Waals surface area (Å²) in [7, 11) is 0. The fourth-order valence-electron chi connectivity index (χ4n) is 1.90. The summed E-state index contributed by atoms with van der Waals surface area (Å²) >= 11 is 0. The first-order valence-electron chi connectivity index (χ1n) is 5.73. The zero-order chi connectivity index (χ0) is 14.2. The van der Waals surface area contributed by atoms with Crippen LogP contribution in [0.15, 0.2) is 18.2 Å². The first-order valence-corrected chi connectivity index (χ1v) is 5.73. The minimum Gasteiger partial charge on any atom is -0.381 e. The van der Waals surface area contributed by atoms with Crippen molar-refractivity contribution < 1.29 is 13.2 Å². The van der Waals surface area contributed by atoms with E-state index in [1.165, 1.54) is 17.7 Å². The molecule has 4 nitrogen and oxygen atoms in total. The van der Waals surface area contributed by atoms with Crippen LogP contribution < -0.4 is 5.73 Å². The van der Waals surface area contributed by atoms with Crippen LogP contribution in [0.3, 0.4) is 0 Å². The highest BCUT2D eigenvalue weighted by atomic mass is 19.4. The molecule has 1 heterocycles. The van der Waals surface area contributed by atoms with Crippen LogP contribution in [-0.2, 0) is 12.6 Å². The van der Waals surface area contributed by atoms with Crippen molar-refractivity contribution in [3.05, 3.63) is 35.0 Å². The van der Waals surface area contributed by atoms with Gasteiger partial charge in [-0.15, -0.1) is 5.10 Å². The van der Waals surface area contributed by atoms with E-state index in [9.17, 15) is 13.2 Å². The smallest absolute Gasteiger partial charge is 0.381 e. The molecule has 102 valence electrons. The maximum absolute atomic E-state index is 12.9. The Hall–Kier alpha value is -2.05. The normalized spacial score (nSPS) is 11.8. The van der Waals surface area contributed by atoms with Gasteiger partial charge in [-0.05, 0) is 31.0 Å². The minimum absolute atomic E-state index is 0.169. The lowest BCUT2D eigenvalue weighted by atomic mass is 10.1. The summed E-state index contributed by atoms with van der Waals surface area (Å²) in [6.07, 6.45) is -3.85. The van der Waals surface area contributed by atoms with Crippen LogP contribution in [0.5, 0.6) is 0 Å². The summed E-state index contributed by atoms with van der Waals surface area (Å²) in [6, 6.07) is 4.04. The van der Waals surface area contributed by atoms with E-state index in [2.05, 4.69) is 10.3 Å². The largest absolute Gasteiger partial charge is 0.416 e. The summed E-state index contributed by atoms with van der Waals surface area (Å²) in [5, 5.41) is 7.47. The van der Waals surface area contributed by atoms with Gasteiger partial charge in [-0.2, -0.15) is 13.2 Å². The number of nitrogens with zero attached hydrogens (tertiary/aromatic N) is 3. The Balaban J connectivity index is 2.58. The second-order valence-electron chi connectivity index (χ2n) is 4.18. The van der Waals surface area contributed by atoms with Gasteiger partial charge >= 0.3 is 6.18 Å². The van der Waals surface area contributed by atoms with E-state index in [-0.39, 0.29) is 11.4 Å². The topological polar surface area (TPSA) is 56.7 Å². The lowest BCUT2D eigenvalue weighted by molar-refractivity contribution is -0.138. The van der Waals surface area contributed by atoms with Crippen LogP contribution in [0, 0.1) is 6.92 Å². The molecule has 0 radical (unpaired) electrons. The molecule has 0 aliphatic heterocycles. The molecule has 1 aromatic carbocycles. The number of hydrogen-bond donors (Lipinski definition) is 1. The average molecular weight is 270 g/mol. The van der Waals surface area contributed by atoms with Gasteiger partial charge in [0.1, 0.15) is 0 Å². The molecule has 2 rings (SSSR count). The van der Waals surface area contributed by atoms with Gasteiger partial charge in [-0.25, -0.2) is 4.68 Å². The van der Waals surface area contributed by atoms with Gasteiger partial charge in [0.05, 0.1) is 16.9 Å². The zero-order valence-electron chi connectivity index (χ0n) is 10.5. The van der Waals surface area contributed by atoms with Crippen LogP contribution in [0.4, 0.5) is 19.0 Å². The SMILES string of the molecule is CCc1c(N)nnn1-c1ccc(C)c(C(F)(F)F)c1. The summed E-state index contributed by atoms with van der Waals surface area (Å²) < 4.78 is 39.9. The molecular weight excluding hydrogens is 257 g/mol. The number of hydrogen-bond acceptors (Lipinski definition) is 3. The molecule has 2 N–H and O–H groups in total. The van der Waals surface area contributed by atoms with E-state index in [1.807, 2.05) is 6.92 Å². The maximum Gasteiger partial charge on any atom is 0.416 e. The van der Waals surface area contributed by atoms with E-state index in [4.69, 9.17) is 5.73 Å². The Morgan fingerprint density at radius 2 is 2.00 bits per heavy atom. The number of aromatic nitrogens is 3. The fraction of sp³-hybridized carbons (Fsp3) is 0.333. The van der Waals surface area contributed by atoms with Crippen molar-refractivity contribution in [2.45, 2.75) is 26.4 Å². The highest BCUT2D eigenvalue weighted by Crippen LogP contribution is 2.33. The fourth-order valence-corrected chi connectivity index (χ4v) is 1.90. The van der Waals surface area contributed by atoms with E-state index < -0.39 is 11.7 Å². The number of alkyl halides is 3. The van der Waals surface area contributed by atoms with Crippen LogP contribution in [-0.4, -0.2) is 15.0 Å². The van der Waals surface area contributed by atoms with Crippen molar-refractivity contribution in [2.24, 2.45) is 0 Å². The number of aryl methyl sites for hydroxylation is 1. The van der Waals surface area contributed by atoms with Gasteiger partial charge in [0.2, 0.25) is 0 Å². The monoisotopic (exact) mass is 270 g/mol. The highest BCUT2D eigenvalue weighted by molar-refractivity contribution is 5.45. The zero-order valence-corrected chi connectivity index (χ0v) is 10.5. The van der Waals surface area contributed by atoms with Gasteiger partial charge in [0.25, 0.3) is 0 Å². The van der Waals surface area contributed by atoms with Crippen LogP contribution in [0.2, 0.25) is 0 Å². The van der Waals surface area contributed by atoms with E-state index in [0.717, 1.165) is 6.07 Å². The summed E-state index contributed by atoms with van der Waals surface area (Å²) in [5.41, 5.74) is 6.01. The van der Waals surface area contributed by atoms with Crippen molar-refractivity contribution in [1.29, 1.82) is 0 Å². The number of anilines is 1. The third-order valence-electron chi connectivity index (χ3n) is 2.90. The average Bonchev–Trinajstić information content (AvgIpc) is 2.69. The molecule has 0 aliphatic carbocycles. The van der Waals surface area contributed by atoms with E-state index in [1.54, 1.807) is 6.07 Å². The van der Waals surface area contributed by atoms with Crippen LogP contribution in [0.1, 0.15) is 23.7 Å². The Kier molecular flexibility index (Phi) is 3.21. The second-order valence-corrected chi connectivity index (χ2v) is 4.18. The first-order chi connectivity index (χ1) is 8.84. The van der Waals surface area contributed by atoms with Crippen molar-refractivity contribution in [3.8, 4) is 5.69 Å². The Morgan fingerprint density at radius 3 is 2.58 bits per heavy atom. The number of nitrogen functional groups attached to an aromatic ring is 1. The molecule has 0 spiro atoms. The number of rotatable bonds is 2. The third-order valence-corrected chi connectivity index (χ3v) is 2.90. The molecule has 0 aliphatic rings. The number of halogens is 3. The molecule has 7 heteroatoms. The molecule has 0 saturated heterocycles. The lowest BCUT2D eigenvalue weighted by Crippen LogP contribution is -2.10. The maximum atomic E-state index is 12.9. The Labute approximate surface area is 108 Å². The van der Waals surface area contributed by atoms with Gasteiger partial charge in [-0.3, -0.25) is 0 Å². The Morgan fingerprint density at radius 1 is 1.32 bits per heavy atom. The second kappa shape index (κ2) is 4.56. The van der Waals surface area contributed by atoms with Crippen LogP contribution in [0.25, 0.3) is 5.69 Å². The molecular formula is C12H13F3N4. The lowest BCUT2D eigenvalue weighted by Gasteiger charge is -2.12. The molecule has 0 saturated carbocycles. The van der Waals surface area contributed by atoms with E-state index in [0.29, 0.717) is 17.8 Å². The summed E-state index contributed by atoms with van der Waals surface area (Å²) in [5.74, 6) is 0.233. The quantitative estimate of drug-likeness (QED) is 0.912. The van der Waals surface area contributed by atoms with Gasteiger partial charge < -0.3 is 5.73 Å². The molecule has 0 fully saturated rings. The summed E-state index contributed by atoms with van der Waals surface area (Å²) in [6.45, 7) is 3.26. The number of benzene rings is 1. The third kappa shape index (κ3) is 2.40. The molecule has 1 aromatic heterocycles. The van der Waals surface area contributed by atoms with Crippen molar-refractivity contribution in [2.75, 3.05) is 5.73 Å². The molecule has 0 amide bonds. The predicted molar refractivity (Wildman–Crippen MR) is 64.9 cm³/mol. The molecule has 0 atom stereocenters. The predicted octanol–water partition coefficient (Wildman–Crippen LogP) is 2.74. The molecule has 19 heavy (non-hydrogen) atoms. The molecule has 2 aromatic rings. The van der Waals surface area contributed by atoms with Gasteiger partial charge in [-0.1, -0.05) is 18.2 Å². The first kappa shape index (κ1) is 13.4. The van der Waals surface area contributed by atoms with E-state index >= 15 is 0 Å². The highest BCUT2D eigenvalue weighted by Gasteiger charge is 2.32. The van der Waals surface area contributed by atoms with Crippen LogP contribution >= 0.6 is 0 Å². The van der Waals surface area contributed by atoms with Gasteiger partial charge in [0, 0.05) is 0 Å².